The second kappa shape index (κ2) is 8.54. The normalized spacial score (nSPS) is 27.1. The van der Waals surface area contributed by atoms with Crippen LogP contribution in [0.1, 0.15) is 62.7 Å². The minimum Gasteiger partial charge on any atom is -0.481 e. The first-order valence-corrected chi connectivity index (χ1v) is 11.9. The minimum absolute atomic E-state index is 0.0481. The smallest absolute Gasteiger partial charge is 0.303 e. The number of fused-ring (bicyclic) bond motifs is 3. The Morgan fingerprint density at radius 1 is 1.23 bits per heavy atom. The number of aliphatic carboxylic acids is 1. The van der Waals surface area contributed by atoms with Gasteiger partial charge in [-0.25, -0.2) is 0 Å². The fourth-order valence-electron chi connectivity index (χ4n) is 5.58. The Balaban J connectivity index is 1.43. The summed E-state index contributed by atoms with van der Waals surface area (Å²) in [5, 5.41) is 15.2. The zero-order valence-corrected chi connectivity index (χ0v) is 18.6. The maximum absolute atomic E-state index is 13.1. The maximum Gasteiger partial charge on any atom is 0.303 e. The summed E-state index contributed by atoms with van der Waals surface area (Å²) >= 11 is 1.62. The molecule has 160 valence electrons. The van der Waals surface area contributed by atoms with Crippen molar-refractivity contribution in [1.29, 1.82) is 0 Å². The number of amides is 1. The molecule has 1 amide bonds. The van der Waals surface area contributed by atoms with Crippen molar-refractivity contribution < 1.29 is 14.7 Å². The molecule has 2 aromatic rings. The molecule has 2 bridgehead atoms. The molecule has 3 fully saturated rings. The van der Waals surface area contributed by atoms with E-state index in [-0.39, 0.29) is 18.4 Å². The second-order valence-corrected chi connectivity index (χ2v) is 10.4. The van der Waals surface area contributed by atoms with Gasteiger partial charge in [0.2, 0.25) is 0 Å². The Morgan fingerprint density at radius 3 is 2.80 bits per heavy atom. The first-order valence-electron chi connectivity index (χ1n) is 11.0. The standard InChI is InChI=1S/C25H31NO3S/c1-25(2)16-13-20(25)18(10-5-3-4-6-12-23(27)28)21(14-16)26-24(29)19-15-30-22-11-8-7-9-17(19)22/h3,5,7-9,11,15-16,18,20-21H,4,6,10,12-14H2,1-2H3,(H,26,29)(H,27,28)/b5-3-/t16-,18+,20+,21-/m0/s1. The molecule has 30 heavy (non-hydrogen) atoms. The van der Waals surface area contributed by atoms with Crippen LogP contribution in [0.4, 0.5) is 0 Å². The number of carbonyl (C=O) groups excluding carboxylic acids is 1. The molecule has 1 aromatic carbocycles. The van der Waals surface area contributed by atoms with Crippen molar-refractivity contribution in [1.82, 2.24) is 5.32 Å². The second-order valence-electron chi connectivity index (χ2n) is 9.48. The third kappa shape index (κ3) is 4.04. The van der Waals surface area contributed by atoms with E-state index in [1.165, 1.54) is 6.42 Å². The van der Waals surface area contributed by atoms with Crippen LogP contribution in [0.2, 0.25) is 0 Å². The van der Waals surface area contributed by atoms with E-state index in [1.54, 1.807) is 11.3 Å². The van der Waals surface area contributed by atoms with E-state index in [9.17, 15) is 9.59 Å². The van der Waals surface area contributed by atoms with Crippen molar-refractivity contribution in [2.75, 3.05) is 0 Å². The van der Waals surface area contributed by atoms with Crippen molar-refractivity contribution in [3.8, 4) is 0 Å². The van der Waals surface area contributed by atoms with E-state index < -0.39 is 5.97 Å². The number of benzene rings is 1. The molecule has 3 saturated carbocycles. The highest BCUT2D eigenvalue weighted by Gasteiger charge is 2.57. The van der Waals surface area contributed by atoms with Gasteiger partial charge in [0.25, 0.3) is 5.91 Å². The minimum atomic E-state index is -0.735. The van der Waals surface area contributed by atoms with E-state index in [4.69, 9.17) is 5.11 Å². The topological polar surface area (TPSA) is 66.4 Å². The van der Waals surface area contributed by atoms with E-state index in [2.05, 4.69) is 37.4 Å². The van der Waals surface area contributed by atoms with Crippen molar-refractivity contribution in [3.05, 3.63) is 47.4 Å². The fraction of sp³-hybridized carbons (Fsp3) is 0.520. The Kier molecular flexibility index (Phi) is 6.01. The molecule has 1 aromatic heterocycles. The molecule has 2 N–H and O–H groups in total. The predicted molar refractivity (Wildman–Crippen MR) is 122 cm³/mol. The summed E-state index contributed by atoms with van der Waals surface area (Å²) < 4.78 is 1.15. The fourth-order valence-corrected chi connectivity index (χ4v) is 6.52. The highest BCUT2D eigenvalue weighted by molar-refractivity contribution is 7.17. The maximum atomic E-state index is 13.1. The van der Waals surface area contributed by atoms with Gasteiger partial charge in [0.1, 0.15) is 0 Å². The van der Waals surface area contributed by atoms with Gasteiger partial charge in [-0.05, 0) is 61.3 Å². The third-order valence-corrected chi connectivity index (χ3v) is 8.46. The van der Waals surface area contributed by atoms with Crippen molar-refractivity contribution >= 4 is 33.3 Å². The van der Waals surface area contributed by atoms with Gasteiger partial charge in [-0.3, -0.25) is 9.59 Å². The Bertz CT molecular complexity index is 960. The number of hydrogen-bond donors (Lipinski definition) is 2. The summed E-state index contributed by atoms with van der Waals surface area (Å²) in [4.78, 5) is 23.8. The molecule has 0 aliphatic heterocycles. The number of carboxylic acid groups (broad SMARTS) is 1. The summed E-state index contributed by atoms with van der Waals surface area (Å²) in [5.41, 5.74) is 1.13. The van der Waals surface area contributed by atoms with Crippen LogP contribution < -0.4 is 5.32 Å². The molecule has 0 radical (unpaired) electrons. The van der Waals surface area contributed by atoms with Gasteiger partial charge in [0.15, 0.2) is 0 Å². The van der Waals surface area contributed by atoms with Crippen LogP contribution in [-0.2, 0) is 4.79 Å². The van der Waals surface area contributed by atoms with Crippen LogP contribution in [0, 0.1) is 23.2 Å². The average Bonchev–Trinajstić information content (AvgIpc) is 3.15. The van der Waals surface area contributed by atoms with Gasteiger partial charge in [-0.2, -0.15) is 0 Å². The number of rotatable bonds is 8. The number of thiophene rings is 1. The van der Waals surface area contributed by atoms with Crippen molar-refractivity contribution in [2.45, 2.75) is 58.4 Å². The van der Waals surface area contributed by atoms with Crippen LogP contribution in [0.5, 0.6) is 0 Å². The van der Waals surface area contributed by atoms with Crippen LogP contribution >= 0.6 is 11.3 Å². The molecular weight excluding hydrogens is 394 g/mol. The molecule has 4 atom stereocenters. The summed E-state index contributed by atoms with van der Waals surface area (Å²) in [6.45, 7) is 4.75. The molecule has 5 heteroatoms. The highest BCUT2D eigenvalue weighted by atomic mass is 32.1. The zero-order valence-electron chi connectivity index (χ0n) is 17.8. The lowest BCUT2D eigenvalue weighted by Gasteiger charge is -2.62. The average molecular weight is 426 g/mol. The lowest BCUT2D eigenvalue weighted by molar-refractivity contribution is -0.137. The van der Waals surface area contributed by atoms with Gasteiger partial charge >= 0.3 is 5.97 Å². The quantitative estimate of drug-likeness (QED) is 0.410. The number of carboxylic acids is 1. The van der Waals surface area contributed by atoms with E-state index in [0.717, 1.165) is 34.9 Å². The SMILES string of the molecule is CC1(C)[C@@H]2C[C@H](NC(=O)c3csc4ccccc34)[C@H](C/C=C\CCCC(=O)O)[C@H]1C2. The molecular formula is C25H31NO3S. The third-order valence-electron chi connectivity index (χ3n) is 7.50. The largest absolute Gasteiger partial charge is 0.481 e. The molecule has 5 rings (SSSR count). The summed E-state index contributed by atoms with van der Waals surface area (Å²) in [5.74, 6) is 1.07. The number of unbranched alkanes of at least 4 members (excludes halogenated alkanes) is 1. The van der Waals surface area contributed by atoms with E-state index in [1.807, 2.05) is 23.6 Å². The summed E-state index contributed by atoms with van der Waals surface area (Å²) in [6.07, 6.45) is 9.29. The van der Waals surface area contributed by atoms with Gasteiger partial charge in [0.05, 0.1) is 5.56 Å². The first kappa shape index (κ1) is 21.1. The van der Waals surface area contributed by atoms with Crippen LogP contribution in [0.25, 0.3) is 10.1 Å². The van der Waals surface area contributed by atoms with Gasteiger partial charge < -0.3 is 10.4 Å². The first-order chi connectivity index (χ1) is 14.4. The number of allylic oxidation sites excluding steroid dienone is 2. The van der Waals surface area contributed by atoms with E-state index in [0.29, 0.717) is 29.6 Å². The molecule has 4 nitrogen and oxygen atoms in total. The molecule has 1 heterocycles. The zero-order chi connectivity index (χ0) is 21.3. The molecule has 3 aliphatic carbocycles. The summed E-state index contributed by atoms with van der Waals surface area (Å²) in [6, 6.07) is 8.29. The van der Waals surface area contributed by atoms with Crippen LogP contribution in [0.3, 0.4) is 0 Å². The van der Waals surface area contributed by atoms with Gasteiger partial charge in [0, 0.05) is 27.9 Å². The molecule has 0 spiro atoms. The number of carbonyl (C=O) groups is 2. The number of nitrogens with one attached hydrogen (secondary N) is 1. The Morgan fingerprint density at radius 2 is 2.03 bits per heavy atom. The molecule has 3 aliphatic rings. The van der Waals surface area contributed by atoms with Crippen molar-refractivity contribution in [2.24, 2.45) is 23.2 Å². The van der Waals surface area contributed by atoms with Crippen LogP contribution in [-0.4, -0.2) is 23.0 Å². The highest BCUT2D eigenvalue weighted by Crippen LogP contribution is 2.62. The lowest BCUT2D eigenvalue weighted by atomic mass is 9.44. The Labute approximate surface area is 182 Å². The molecule has 0 unspecified atom stereocenters. The number of hydrogen-bond acceptors (Lipinski definition) is 3. The van der Waals surface area contributed by atoms with E-state index >= 15 is 0 Å². The van der Waals surface area contributed by atoms with Gasteiger partial charge in [-0.1, -0.05) is 44.2 Å². The Hall–Kier alpha value is -2.14. The van der Waals surface area contributed by atoms with Crippen molar-refractivity contribution in [3.63, 3.8) is 0 Å². The predicted octanol–water partition coefficient (Wildman–Crippen LogP) is 5.88. The lowest BCUT2D eigenvalue weighted by Crippen LogP contribution is -2.61. The van der Waals surface area contributed by atoms with Crippen LogP contribution in [0.15, 0.2) is 41.8 Å². The molecule has 0 saturated heterocycles. The summed E-state index contributed by atoms with van der Waals surface area (Å²) in [7, 11) is 0. The van der Waals surface area contributed by atoms with Gasteiger partial charge in [-0.15, -0.1) is 11.3 Å². The monoisotopic (exact) mass is 425 g/mol.